The lowest BCUT2D eigenvalue weighted by Gasteiger charge is -2.03. The Labute approximate surface area is 83.1 Å². The number of aromatic carboxylic acids is 1. The number of methoxy groups -OCH3 is 1. The SMILES string of the molecule is COC(=O)c1c(F)cc(C(=O)O)cc1F. The monoisotopic (exact) mass is 216 g/mol. The van der Waals surface area contributed by atoms with Crippen LogP contribution in [0.2, 0.25) is 0 Å². The van der Waals surface area contributed by atoms with Gasteiger partial charge in [0.2, 0.25) is 0 Å². The highest BCUT2D eigenvalue weighted by atomic mass is 19.1. The molecule has 0 radical (unpaired) electrons. The summed E-state index contributed by atoms with van der Waals surface area (Å²) in [5.41, 5.74) is -1.47. The van der Waals surface area contributed by atoms with Gasteiger partial charge in [0.1, 0.15) is 17.2 Å². The van der Waals surface area contributed by atoms with Gasteiger partial charge in [-0.3, -0.25) is 0 Å². The van der Waals surface area contributed by atoms with Crippen LogP contribution in [0.1, 0.15) is 20.7 Å². The topological polar surface area (TPSA) is 63.6 Å². The summed E-state index contributed by atoms with van der Waals surface area (Å²) in [5.74, 6) is -5.20. The van der Waals surface area contributed by atoms with Gasteiger partial charge in [-0.2, -0.15) is 0 Å². The number of hydrogen-bond acceptors (Lipinski definition) is 3. The van der Waals surface area contributed by atoms with Crippen molar-refractivity contribution in [3.8, 4) is 0 Å². The molecule has 1 aromatic carbocycles. The highest BCUT2D eigenvalue weighted by Crippen LogP contribution is 2.16. The molecular weight excluding hydrogens is 210 g/mol. The maximum absolute atomic E-state index is 13.1. The molecule has 0 spiro atoms. The molecule has 0 aliphatic heterocycles. The third-order valence-corrected chi connectivity index (χ3v) is 1.68. The number of carbonyl (C=O) groups is 2. The molecule has 0 saturated heterocycles. The zero-order chi connectivity index (χ0) is 11.6. The van der Waals surface area contributed by atoms with E-state index in [4.69, 9.17) is 5.11 Å². The molecule has 0 fully saturated rings. The first-order chi connectivity index (χ1) is 6.97. The minimum absolute atomic E-state index is 0.553. The fourth-order valence-corrected chi connectivity index (χ4v) is 0.994. The maximum Gasteiger partial charge on any atom is 0.343 e. The van der Waals surface area contributed by atoms with Gasteiger partial charge in [0.15, 0.2) is 0 Å². The van der Waals surface area contributed by atoms with E-state index in [0.29, 0.717) is 12.1 Å². The molecule has 15 heavy (non-hydrogen) atoms. The number of rotatable bonds is 2. The zero-order valence-corrected chi connectivity index (χ0v) is 7.58. The summed E-state index contributed by atoms with van der Waals surface area (Å²) < 4.78 is 30.3. The Morgan fingerprint density at radius 1 is 1.27 bits per heavy atom. The number of esters is 1. The maximum atomic E-state index is 13.1. The van der Waals surface area contributed by atoms with E-state index in [9.17, 15) is 18.4 Å². The molecular formula is C9H6F2O4. The molecule has 6 heteroatoms. The summed E-state index contributed by atoms with van der Waals surface area (Å²) in [5, 5.41) is 8.47. The second-order valence-corrected chi connectivity index (χ2v) is 2.61. The number of carbonyl (C=O) groups excluding carboxylic acids is 1. The Bertz CT molecular complexity index is 405. The van der Waals surface area contributed by atoms with Crippen LogP contribution in [0.15, 0.2) is 12.1 Å². The Morgan fingerprint density at radius 2 is 1.73 bits per heavy atom. The second-order valence-electron chi connectivity index (χ2n) is 2.61. The number of carboxylic acid groups (broad SMARTS) is 1. The molecule has 0 atom stereocenters. The summed E-state index contributed by atoms with van der Waals surface area (Å²) in [6, 6.07) is 1.11. The molecule has 1 aromatic rings. The summed E-state index contributed by atoms with van der Waals surface area (Å²) in [6.45, 7) is 0. The van der Waals surface area contributed by atoms with E-state index in [1.165, 1.54) is 0 Å². The quantitative estimate of drug-likeness (QED) is 0.760. The highest BCUT2D eigenvalue weighted by Gasteiger charge is 2.20. The van der Waals surface area contributed by atoms with Gasteiger partial charge in [-0.05, 0) is 12.1 Å². The van der Waals surface area contributed by atoms with E-state index in [0.717, 1.165) is 7.11 Å². The molecule has 0 amide bonds. The van der Waals surface area contributed by atoms with Crippen molar-refractivity contribution in [2.45, 2.75) is 0 Å². The van der Waals surface area contributed by atoms with Crippen LogP contribution in [-0.2, 0) is 4.74 Å². The smallest absolute Gasteiger partial charge is 0.343 e. The first kappa shape index (κ1) is 11.1. The fraction of sp³-hybridized carbons (Fsp3) is 0.111. The lowest BCUT2D eigenvalue weighted by atomic mass is 10.1. The number of halogens is 2. The molecule has 1 rings (SSSR count). The van der Waals surface area contributed by atoms with Crippen molar-refractivity contribution in [2.24, 2.45) is 0 Å². The predicted molar refractivity (Wildman–Crippen MR) is 44.7 cm³/mol. The van der Waals surface area contributed by atoms with Crippen molar-refractivity contribution in [3.05, 3.63) is 34.9 Å². The molecule has 0 saturated carbocycles. The van der Waals surface area contributed by atoms with Gasteiger partial charge in [-0.25, -0.2) is 18.4 Å². The molecule has 0 unspecified atom stereocenters. The zero-order valence-electron chi connectivity index (χ0n) is 7.58. The van der Waals surface area contributed by atoms with Gasteiger partial charge >= 0.3 is 11.9 Å². The van der Waals surface area contributed by atoms with Crippen molar-refractivity contribution in [1.29, 1.82) is 0 Å². The molecule has 0 heterocycles. The highest BCUT2D eigenvalue weighted by molar-refractivity contribution is 5.93. The van der Waals surface area contributed by atoms with E-state index in [1.54, 1.807) is 0 Å². The third kappa shape index (κ3) is 2.09. The largest absolute Gasteiger partial charge is 0.478 e. The fourth-order valence-electron chi connectivity index (χ4n) is 0.994. The molecule has 0 aliphatic rings. The third-order valence-electron chi connectivity index (χ3n) is 1.68. The van der Waals surface area contributed by atoms with E-state index in [2.05, 4.69) is 4.74 Å². The van der Waals surface area contributed by atoms with Crippen LogP contribution in [0.3, 0.4) is 0 Å². The summed E-state index contributed by atoms with van der Waals surface area (Å²) in [4.78, 5) is 21.3. The number of hydrogen-bond donors (Lipinski definition) is 1. The van der Waals surface area contributed by atoms with Crippen molar-refractivity contribution >= 4 is 11.9 Å². The predicted octanol–water partition coefficient (Wildman–Crippen LogP) is 1.45. The van der Waals surface area contributed by atoms with Crippen LogP contribution in [0, 0.1) is 11.6 Å². The van der Waals surface area contributed by atoms with Crippen LogP contribution >= 0.6 is 0 Å². The molecule has 1 N–H and O–H groups in total. The van der Waals surface area contributed by atoms with E-state index in [1.807, 2.05) is 0 Å². The molecule has 4 nitrogen and oxygen atoms in total. The molecule has 0 bridgehead atoms. The van der Waals surface area contributed by atoms with Crippen molar-refractivity contribution in [1.82, 2.24) is 0 Å². The number of carboxylic acids is 1. The van der Waals surface area contributed by atoms with Gasteiger partial charge in [-0.15, -0.1) is 0 Å². The van der Waals surface area contributed by atoms with Gasteiger partial charge in [0.05, 0.1) is 12.7 Å². The van der Waals surface area contributed by atoms with E-state index < -0.39 is 34.7 Å². The minimum Gasteiger partial charge on any atom is -0.478 e. The minimum atomic E-state index is -1.48. The van der Waals surface area contributed by atoms with Crippen molar-refractivity contribution in [3.63, 3.8) is 0 Å². The van der Waals surface area contributed by atoms with Crippen LogP contribution < -0.4 is 0 Å². The average molecular weight is 216 g/mol. The van der Waals surface area contributed by atoms with Crippen LogP contribution in [-0.4, -0.2) is 24.2 Å². The van der Waals surface area contributed by atoms with Crippen LogP contribution in [0.25, 0.3) is 0 Å². The average Bonchev–Trinajstić information content (AvgIpc) is 2.16. The molecule has 0 aliphatic carbocycles. The summed E-state index contributed by atoms with van der Waals surface area (Å²) in [7, 11) is 0.965. The summed E-state index contributed by atoms with van der Waals surface area (Å²) in [6.07, 6.45) is 0. The Hall–Kier alpha value is -1.98. The molecule has 80 valence electrons. The van der Waals surface area contributed by atoms with Gasteiger partial charge in [0, 0.05) is 0 Å². The van der Waals surface area contributed by atoms with Crippen LogP contribution in [0.4, 0.5) is 8.78 Å². The first-order valence-electron chi connectivity index (χ1n) is 3.78. The van der Waals surface area contributed by atoms with E-state index in [-0.39, 0.29) is 0 Å². The van der Waals surface area contributed by atoms with Crippen LogP contribution in [0.5, 0.6) is 0 Å². The van der Waals surface area contributed by atoms with Gasteiger partial charge in [0.25, 0.3) is 0 Å². The number of benzene rings is 1. The normalized spacial score (nSPS) is 9.80. The van der Waals surface area contributed by atoms with Gasteiger partial charge < -0.3 is 9.84 Å². The first-order valence-corrected chi connectivity index (χ1v) is 3.78. The van der Waals surface area contributed by atoms with Crippen molar-refractivity contribution in [2.75, 3.05) is 7.11 Å². The Morgan fingerprint density at radius 3 is 2.07 bits per heavy atom. The number of ether oxygens (including phenoxy) is 1. The standard InChI is InChI=1S/C9H6F2O4/c1-15-9(14)7-5(10)2-4(8(12)13)3-6(7)11/h2-3H,1H3,(H,12,13). The Kier molecular flexibility index (Phi) is 2.99. The second kappa shape index (κ2) is 4.04. The lowest BCUT2D eigenvalue weighted by molar-refractivity contribution is 0.0587. The van der Waals surface area contributed by atoms with E-state index >= 15 is 0 Å². The van der Waals surface area contributed by atoms with Gasteiger partial charge in [-0.1, -0.05) is 0 Å². The summed E-state index contributed by atoms with van der Waals surface area (Å²) >= 11 is 0. The van der Waals surface area contributed by atoms with Crippen molar-refractivity contribution < 1.29 is 28.2 Å². The lowest BCUT2D eigenvalue weighted by Crippen LogP contribution is -2.10. The molecule has 0 aromatic heterocycles. The Balaban J connectivity index is 3.33.